The minimum atomic E-state index is -0.280. The largest absolute Gasteiger partial charge is 0.487 e. The molecule has 0 fully saturated rings. The number of furan rings is 1. The van der Waals surface area contributed by atoms with Crippen molar-refractivity contribution >= 4 is 34.0 Å². The van der Waals surface area contributed by atoms with Crippen LogP contribution >= 0.6 is 11.6 Å². The van der Waals surface area contributed by atoms with Gasteiger partial charge in [-0.25, -0.2) is 14.4 Å². The normalized spacial score (nSPS) is 11.8. The molecule has 4 rings (SSSR count). The average molecular weight is 523 g/mol. The number of anilines is 2. The van der Waals surface area contributed by atoms with Crippen LogP contribution in [0.25, 0.3) is 22.2 Å². The van der Waals surface area contributed by atoms with Gasteiger partial charge in [-0.1, -0.05) is 31.5 Å². The number of nitrogens with one attached hydrogen (secondary N) is 2. The predicted octanol–water partition coefficient (Wildman–Crippen LogP) is 8.23. The van der Waals surface area contributed by atoms with E-state index in [1.165, 1.54) is 19.3 Å². The summed E-state index contributed by atoms with van der Waals surface area (Å²) in [4.78, 5) is 8.81. The topological polar surface area (TPSA) is 72.2 Å². The van der Waals surface area contributed by atoms with Gasteiger partial charge in [0.1, 0.15) is 36.0 Å². The molecule has 0 radical (unpaired) electrons. The Hall–Kier alpha value is -3.68. The van der Waals surface area contributed by atoms with Crippen LogP contribution < -0.4 is 15.4 Å². The van der Waals surface area contributed by atoms with Crippen molar-refractivity contribution in [3.8, 4) is 17.1 Å². The second kappa shape index (κ2) is 13.6. The third kappa shape index (κ3) is 7.41. The van der Waals surface area contributed by atoms with Crippen LogP contribution in [0.15, 0.2) is 82.8 Å². The van der Waals surface area contributed by atoms with Crippen LogP contribution in [0.1, 0.15) is 33.5 Å². The second-order valence-electron chi connectivity index (χ2n) is 7.90. The van der Waals surface area contributed by atoms with E-state index in [1.807, 2.05) is 64.2 Å². The number of hydrogen-bond acceptors (Lipinski definition) is 6. The maximum atomic E-state index is 13.2. The minimum absolute atomic E-state index is 0.215. The van der Waals surface area contributed by atoms with Crippen LogP contribution in [0.3, 0.4) is 0 Å². The van der Waals surface area contributed by atoms with Crippen molar-refractivity contribution in [2.75, 3.05) is 19.0 Å². The Balaban J connectivity index is 0.00000186. The fourth-order valence-corrected chi connectivity index (χ4v) is 3.80. The van der Waals surface area contributed by atoms with Gasteiger partial charge in [-0.2, -0.15) is 0 Å². The van der Waals surface area contributed by atoms with E-state index in [0.29, 0.717) is 23.1 Å². The highest BCUT2D eigenvalue weighted by molar-refractivity contribution is 6.32. The molecule has 0 amide bonds. The summed E-state index contributed by atoms with van der Waals surface area (Å²) in [6, 6.07) is 15.2. The van der Waals surface area contributed by atoms with Crippen LogP contribution in [0.2, 0.25) is 5.02 Å². The molecule has 0 atom stereocenters. The smallest absolute Gasteiger partial charge is 0.141 e. The van der Waals surface area contributed by atoms with Gasteiger partial charge in [-0.05, 0) is 81.1 Å². The highest BCUT2D eigenvalue weighted by atomic mass is 35.5. The van der Waals surface area contributed by atoms with E-state index in [-0.39, 0.29) is 12.4 Å². The molecule has 2 aromatic carbocycles. The fourth-order valence-electron chi connectivity index (χ4n) is 3.57. The van der Waals surface area contributed by atoms with E-state index >= 15 is 0 Å². The van der Waals surface area contributed by atoms with Crippen molar-refractivity contribution in [3.05, 3.63) is 89.2 Å². The van der Waals surface area contributed by atoms with Crippen LogP contribution in [-0.2, 0) is 6.54 Å². The molecule has 0 unspecified atom stereocenters. The molecule has 8 heteroatoms. The first kappa shape index (κ1) is 27.9. The quantitative estimate of drug-likeness (QED) is 0.216. The van der Waals surface area contributed by atoms with E-state index in [9.17, 15) is 4.39 Å². The van der Waals surface area contributed by atoms with E-state index < -0.39 is 0 Å². The Morgan fingerprint density at radius 1 is 1.11 bits per heavy atom. The lowest BCUT2D eigenvalue weighted by molar-refractivity contribution is 0.355. The van der Waals surface area contributed by atoms with Gasteiger partial charge in [-0.15, -0.1) is 0 Å². The number of aromatic nitrogens is 2. The fraction of sp³-hybridized carbons (Fsp3) is 0.241. The molecule has 194 valence electrons. The number of halogens is 2. The molecule has 37 heavy (non-hydrogen) atoms. The summed E-state index contributed by atoms with van der Waals surface area (Å²) in [6.45, 7) is 8.10. The van der Waals surface area contributed by atoms with Crippen molar-refractivity contribution in [1.82, 2.24) is 15.3 Å². The monoisotopic (exact) mass is 522 g/mol. The van der Waals surface area contributed by atoms with Gasteiger partial charge in [0, 0.05) is 16.6 Å². The second-order valence-corrected chi connectivity index (χ2v) is 8.31. The van der Waals surface area contributed by atoms with Gasteiger partial charge < -0.3 is 19.8 Å². The van der Waals surface area contributed by atoms with Gasteiger partial charge in [0.05, 0.1) is 22.9 Å². The number of fused-ring (bicyclic) bond motifs is 1. The molecule has 4 aromatic rings. The third-order valence-corrected chi connectivity index (χ3v) is 5.57. The molecular weight excluding hydrogens is 491 g/mol. The van der Waals surface area contributed by atoms with Crippen molar-refractivity contribution < 1.29 is 13.5 Å². The van der Waals surface area contributed by atoms with Gasteiger partial charge in [0.15, 0.2) is 0 Å². The molecule has 6 nitrogen and oxygen atoms in total. The number of allylic oxidation sites excluding steroid dienone is 2. The zero-order valence-electron chi connectivity index (χ0n) is 21.7. The summed E-state index contributed by atoms with van der Waals surface area (Å²) >= 11 is 6.46. The van der Waals surface area contributed by atoms with Gasteiger partial charge >= 0.3 is 0 Å². The molecule has 0 bridgehead atoms. The first-order chi connectivity index (χ1) is 18.0. The van der Waals surface area contributed by atoms with Crippen LogP contribution in [0, 0.1) is 0 Å². The lowest BCUT2D eigenvalue weighted by Crippen LogP contribution is -2.03. The van der Waals surface area contributed by atoms with Crippen molar-refractivity contribution in [2.45, 2.75) is 34.2 Å². The van der Waals surface area contributed by atoms with Crippen molar-refractivity contribution in [2.24, 2.45) is 0 Å². The lowest BCUT2D eigenvalue weighted by atomic mass is 10.1. The summed E-state index contributed by atoms with van der Waals surface area (Å²) < 4.78 is 24.9. The Kier molecular flexibility index (Phi) is 10.2. The molecule has 2 N–H and O–H groups in total. The number of benzene rings is 2. The van der Waals surface area contributed by atoms with Crippen LogP contribution in [0.4, 0.5) is 15.9 Å². The van der Waals surface area contributed by atoms with E-state index in [4.69, 9.17) is 20.8 Å². The highest BCUT2D eigenvalue weighted by Gasteiger charge is 2.11. The Labute approximate surface area is 222 Å². The highest BCUT2D eigenvalue weighted by Crippen LogP contribution is 2.32. The first-order valence-corrected chi connectivity index (χ1v) is 12.5. The zero-order chi connectivity index (χ0) is 26.8. The molecule has 2 heterocycles. The van der Waals surface area contributed by atoms with Crippen LogP contribution in [0.5, 0.6) is 5.75 Å². The number of rotatable bonds is 9. The van der Waals surface area contributed by atoms with E-state index in [0.717, 1.165) is 39.2 Å². The predicted molar refractivity (Wildman–Crippen MR) is 150 cm³/mol. The Morgan fingerprint density at radius 3 is 2.62 bits per heavy atom. The average Bonchev–Trinajstić information content (AvgIpc) is 3.37. The van der Waals surface area contributed by atoms with Gasteiger partial charge in [0.2, 0.25) is 0 Å². The maximum absolute atomic E-state index is 13.2. The molecular formula is C29H32ClFN4O2. The molecule has 0 saturated heterocycles. The van der Waals surface area contributed by atoms with Crippen molar-refractivity contribution in [3.63, 3.8) is 0 Å². The number of hydrogen-bond donors (Lipinski definition) is 2. The van der Waals surface area contributed by atoms with E-state index in [2.05, 4.69) is 20.6 Å². The summed E-state index contributed by atoms with van der Waals surface area (Å²) in [5.74, 6) is 2.50. The summed E-state index contributed by atoms with van der Waals surface area (Å²) in [5.41, 5.74) is 3.19. The first-order valence-electron chi connectivity index (χ1n) is 12.1. The zero-order valence-corrected chi connectivity index (χ0v) is 22.5. The van der Waals surface area contributed by atoms with E-state index in [1.54, 1.807) is 18.2 Å². The van der Waals surface area contributed by atoms with Gasteiger partial charge in [-0.3, -0.25) is 0 Å². The SMILES string of the molecule is C/C=C(\C=C(/C)F)COc1ccc(Nc2ncnc3ccc(-c4ccc(CNC)o4)cc23)cc1Cl.CC. The molecule has 0 aliphatic carbocycles. The molecule has 0 spiro atoms. The Morgan fingerprint density at radius 2 is 1.92 bits per heavy atom. The number of nitrogens with zero attached hydrogens (tertiary/aromatic N) is 2. The maximum Gasteiger partial charge on any atom is 0.141 e. The standard InChI is InChI=1S/C27H26ClFN4O2.C2H6/c1-4-18(11-17(2)29)15-34-26-9-6-20(13-23(26)28)33-27-22-12-19(5-8-24(22)31-16-32-27)25-10-7-21(35-25)14-30-3;1-2/h4-13,16,30H,14-15H2,1-3H3,(H,31,32,33);1-2H3/b17-11+,18-4+;. The minimum Gasteiger partial charge on any atom is -0.487 e. The molecule has 2 aromatic heterocycles. The Bertz CT molecular complexity index is 1390. The van der Waals surface area contributed by atoms with Crippen molar-refractivity contribution in [1.29, 1.82) is 0 Å². The lowest BCUT2D eigenvalue weighted by Gasteiger charge is -2.12. The summed E-state index contributed by atoms with van der Waals surface area (Å²) in [7, 11) is 1.88. The van der Waals surface area contributed by atoms with Crippen LogP contribution in [-0.4, -0.2) is 23.6 Å². The molecule has 0 aliphatic heterocycles. The molecule has 0 aliphatic rings. The molecule has 0 saturated carbocycles. The summed E-state index contributed by atoms with van der Waals surface area (Å²) in [5, 5.41) is 7.68. The third-order valence-electron chi connectivity index (χ3n) is 5.28. The van der Waals surface area contributed by atoms with Gasteiger partial charge in [0.25, 0.3) is 0 Å². The summed E-state index contributed by atoms with van der Waals surface area (Å²) in [6.07, 6.45) is 4.74. The number of ether oxygens (including phenoxy) is 1.